The summed E-state index contributed by atoms with van der Waals surface area (Å²) in [6.07, 6.45) is 5.47. The molecule has 0 fully saturated rings. The highest BCUT2D eigenvalue weighted by atomic mass is 35.5. The summed E-state index contributed by atoms with van der Waals surface area (Å²) in [5, 5.41) is 0.860. The molecule has 2 rings (SSSR count). The fourth-order valence-electron chi connectivity index (χ4n) is 3.02. The minimum Gasteiger partial charge on any atom is -0.496 e. The van der Waals surface area contributed by atoms with Crippen molar-refractivity contribution in [2.45, 2.75) is 39.0 Å². The number of hydrogen-bond acceptors (Lipinski definition) is 3. The Kier molecular flexibility index (Phi) is 7.93. The first kappa shape index (κ1) is 20.7. The lowest BCUT2D eigenvalue weighted by molar-refractivity contribution is 0.107. The lowest BCUT2D eigenvalue weighted by Crippen LogP contribution is -2.17. The molecule has 5 heteroatoms. The van der Waals surface area contributed by atoms with E-state index >= 15 is 0 Å². The molecule has 140 valence electrons. The highest BCUT2D eigenvalue weighted by Gasteiger charge is 2.36. The van der Waals surface area contributed by atoms with Gasteiger partial charge in [-0.25, -0.2) is 0 Å². The van der Waals surface area contributed by atoms with Crippen molar-refractivity contribution in [2.24, 2.45) is 0 Å². The van der Waals surface area contributed by atoms with Crippen molar-refractivity contribution in [3.63, 3.8) is 0 Å². The summed E-state index contributed by atoms with van der Waals surface area (Å²) in [6.45, 7) is 2.15. The minimum atomic E-state index is -3.30. The minimum absolute atomic E-state index is 0.220. The molecule has 0 heterocycles. The van der Waals surface area contributed by atoms with Crippen LogP contribution in [-0.4, -0.2) is 18.8 Å². The molecule has 0 saturated heterocycles. The summed E-state index contributed by atoms with van der Waals surface area (Å²) in [7, 11) is -1.82. The van der Waals surface area contributed by atoms with Crippen molar-refractivity contribution in [3.8, 4) is 5.75 Å². The van der Waals surface area contributed by atoms with E-state index in [1.807, 2.05) is 18.2 Å². The maximum atomic E-state index is 13.9. The van der Waals surface area contributed by atoms with Gasteiger partial charge in [0.1, 0.15) is 5.75 Å². The van der Waals surface area contributed by atoms with Gasteiger partial charge in [-0.15, -0.1) is 0 Å². The molecule has 3 nitrogen and oxygen atoms in total. The summed E-state index contributed by atoms with van der Waals surface area (Å²) in [6, 6.07) is 14.1. The third-order valence-corrected chi connectivity index (χ3v) is 7.76. The summed E-state index contributed by atoms with van der Waals surface area (Å²) in [5.74, 6) is 0.365. The molecular formula is C21H26ClO3P. The van der Waals surface area contributed by atoms with Crippen LogP contribution in [0.1, 0.15) is 49.4 Å². The molecule has 26 heavy (non-hydrogen) atoms. The van der Waals surface area contributed by atoms with Gasteiger partial charge in [0, 0.05) is 11.5 Å². The van der Waals surface area contributed by atoms with Gasteiger partial charge in [-0.3, -0.25) is 4.79 Å². The van der Waals surface area contributed by atoms with Crippen LogP contribution in [0.15, 0.2) is 48.5 Å². The van der Waals surface area contributed by atoms with Crippen molar-refractivity contribution in [1.29, 1.82) is 0 Å². The number of rotatable bonds is 10. The second kappa shape index (κ2) is 9.94. The van der Waals surface area contributed by atoms with E-state index in [0.717, 1.165) is 32.1 Å². The third-order valence-electron chi connectivity index (χ3n) is 4.49. The second-order valence-corrected chi connectivity index (χ2v) is 9.59. The van der Waals surface area contributed by atoms with Crippen molar-refractivity contribution in [1.82, 2.24) is 0 Å². The molecule has 0 radical (unpaired) electrons. The standard InChI is InChI=1S/C21H26ClO3P/c1-3-4-5-6-10-16-26(24,17-12-8-7-9-13-17)21(23)20-18(22)14-11-15-19(20)25-2/h7-9,11-15H,3-6,10,16H2,1-2H3. The molecule has 0 saturated carbocycles. The van der Waals surface area contributed by atoms with E-state index in [1.54, 1.807) is 30.3 Å². The fourth-order valence-corrected chi connectivity index (χ4v) is 5.95. The zero-order valence-corrected chi connectivity index (χ0v) is 17.1. The average molecular weight is 393 g/mol. The second-order valence-electron chi connectivity index (χ2n) is 6.34. The van der Waals surface area contributed by atoms with Crippen molar-refractivity contribution >= 4 is 29.6 Å². The van der Waals surface area contributed by atoms with Crippen LogP contribution in [0.25, 0.3) is 0 Å². The maximum absolute atomic E-state index is 13.9. The normalized spacial score (nSPS) is 13.2. The molecule has 0 bridgehead atoms. The predicted molar refractivity (Wildman–Crippen MR) is 110 cm³/mol. The molecule has 0 spiro atoms. The zero-order valence-electron chi connectivity index (χ0n) is 15.4. The quantitative estimate of drug-likeness (QED) is 0.360. The Labute approximate surface area is 161 Å². The van der Waals surface area contributed by atoms with E-state index < -0.39 is 12.7 Å². The van der Waals surface area contributed by atoms with E-state index in [2.05, 4.69) is 6.92 Å². The molecule has 2 aromatic carbocycles. The number of methoxy groups -OCH3 is 1. The first-order valence-corrected chi connectivity index (χ1v) is 11.3. The maximum Gasteiger partial charge on any atom is 0.230 e. The topological polar surface area (TPSA) is 43.4 Å². The highest BCUT2D eigenvalue weighted by Crippen LogP contribution is 2.51. The zero-order chi connectivity index (χ0) is 19.0. The Morgan fingerprint density at radius 2 is 1.69 bits per heavy atom. The number of ether oxygens (including phenoxy) is 1. The van der Waals surface area contributed by atoms with Crippen LogP contribution in [0.3, 0.4) is 0 Å². The van der Waals surface area contributed by atoms with Gasteiger partial charge in [0.15, 0.2) is 7.14 Å². The Balaban J connectivity index is 2.38. The summed E-state index contributed by atoms with van der Waals surface area (Å²) in [4.78, 5) is 13.4. The molecule has 0 N–H and O–H groups in total. The number of carbonyl (C=O) groups is 1. The van der Waals surface area contributed by atoms with E-state index in [-0.39, 0.29) is 10.6 Å². The van der Waals surface area contributed by atoms with E-state index in [1.165, 1.54) is 7.11 Å². The van der Waals surface area contributed by atoms with Crippen molar-refractivity contribution < 1.29 is 14.1 Å². The van der Waals surface area contributed by atoms with Crippen LogP contribution in [0.4, 0.5) is 0 Å². The molecule has 0 amide bonds. The van der Waals surface area contributed by atoms with Crippen LogP contribution in [-0.2, 0) is 4.57 Å². The predicted octanol–water partition coefficient (Wildman–Crippen LogP) is 6.15. The Hall–Kier alpha value is -1.57. The van der Waals surface area contributed by atoms with Gasteiger partial charge in [0.2, 0.25) is 5.52 Å². The molecule has 2 aromatic rings. The van der Waals surface area contributed by atoms with Crippen LogP contribution in [0.5, 0.6) is 5.75 Å². The summed E-state index contributed by atoms with van der Waals surface area (Å²) in [5.41, 5.74) is -0.195. The van der Waals surface area contributed by atoms with Crippen LogP contribution in [0, 0.1) is 0 Å². The van der Waals surface area contributed by atoms with Gasteiger partial charge in [-0.1, -0.05) is 80.6 Å². The van der Waals surface area contributed by atoms with Crippen LogP contribution >= 0.6 is 18.7 Å². The first-order chi connectivity index (χ1) is 12.5. The third kappa shape index (κ3) is 4.78. The van der Waals surface area contributed by atoms with Gasteiger partial charge in [-0.2, -0.15) is 0 Å². The van der Waals surface area contributed by atoms with Gasteiger partial charge < -0.3 is 9.30 Å². The fraction of sp³-hybridized carbons (Fsp3) is 0.381. The SMILES string of the molecule is CCCCCCCP(=O)(C(=O)c1c(Cl)cccc1OC)c1ccccc1. The molecule has 1 atom stereocenters. The molecule has 0 aliphatic carbocycles. The molecule has 0 aliphatic heterocycles. The van der Waals surface area contributed by atoms with Crippen molar-refractivity contribution in [2.75, 3.05) is 13.3 Å². The number of halogens is 1. The van der Waals surface area contributed by atoms with Gasteiger partial charge in [0.05, 0.1) is 17.7 Å². The lowest BCUT2D eigenvalue weighted by atomic mass is 10.2. The van der Waals surface area contributed by atoms with Crippen LogP contribution in [0.2, 0.25) is 5.02 Å². The van der Waals surface area contributed by atoms with E-state index in [9.17, 15) is 9.36 Å². The Morgan fingerprint density at radius 3 is 2.35 bits per heavy atom. The number of hydrogen-bond donors (Lipinski definition) is 0. The average Bonchev–Trinajstić information content (AvgIpc) is 2.67. The largest absolute Gasteiger partial charge is 0.496 e. The monoisotopic (exact) mass is 392 g/mol. The van der Waals surface area contributed by atoms with E-state index in [0.29, 0.717) is 17.2 Å². The van der Waals surface area contributed by atoms with E-state index in [4.69, 9.17) is 16.3 Å². The number of benzene rings is 2. The van der Waals surface area contributed by atoms with Gasteiger partial charge in [-0.05, 0) is 18.6 Å². The Bertz CT molecular complexity index is 774. The smallest absolute Gasteiger partial charge is 0.230 e. The number of carbonyl (C=O) groups excluding carboxylic acids is 1. The summed E-state index contributed by atoms with van der Waals surface area (Å²) < 4.78 is 19.2. The molecule has 1 unspecified atom stereocenters. The lowest BCUT2D eigenvalue weighted by Gasteiger charge is -2.19. The molecular weight excluding hydrogens is 367 g/mol. The van der Waals surface area contributed by atoms with Crippen molar-refractivity contribution in [3.05, 3.63) is 59.1 Å². The summed E-state index contributed by atoms with van der Waals surface area (Å²) >= 11 is 6.28. The first-order valence-electron chi connectivity index (χ1n) is 9.06. The highest BCUT2D eigenvalue weighted by molar-refractivity contribution is 7.87. The van der Waals surface area contributed by atoms with Gasteiger partial charge >= 0.3 is 0 Å². The molecule has 0 aliphatic rings. The molecule has 0 aromatic heterocycles. The van der Waals surface area contributed by atoms with Gasteiger partial charge in [0.25, 0.3) is 0 Å². The number of unbranched alkanes of at least 4 members (excludes halogenated alkanes) is 4. The Morgan fingerprint density at radius 1 is 1.00 bits per heavy atom. The van der Waals surface area contributed by atoms with Crippen LogP contribution < -0.4 is 10.0 Å².